The fourth-order valence-corrected chi connectivity index (χ4v) is 13.6. The third-order valence-electron chi connectivity index (χ3n) is 17.3. The van der Waals surface area contributed by atoms with Crippen LogP contribution in [0.1, 0.15) is 0 Å². The lowest BCUT2D eigenvalue weighted by Gasteiger charge is -2.17. The molecule has 18 rings (SSSR count). The summed E-state index contributed by atoms with van der Waals surface area (Å²) in [4.78, 5) is 16.7. The fourth-order valence-electron chi connectivity index (χ4n) is 13.6. The second kappa shape index (κ2) is 17.2. The van der Waals surface area contributed by atoms with Gasteiger partial charge >= 0.3 is 0 Å². The second-order valence-corrected chi connectivity index (χ2v) is 21.8. The highest BCUT2D eigenvalue weighted by molar-refractivity contribution is 6.27. The van der Waals surface area contributed by atoms with Crippen molar-refractivity contribution >= 4 is 130 Å². The molecular weight excluding hydrogens is 997 g/mol. The summed E-state index contributed by atoms with van der Waals surface area (Å²) >= 11 is 0. The van der Waals surface area contributed by atoms with Gasteiger partial charge in [0.05, 0.1) is 11.0 Å². The Balaban J connectivity index is 0.932. The van der Waals surface area contributed by atoms with Crippen LogP contribution in [0.5, 0.6) is 0 Å². The number of para-hydroxylation sites is 1. The Labute approximate surface area is 469 Å². The summed E-state index contributed by atoms with van der Waals surface area (Å²) in [6.07, 6.45) is 0. The van der Waals surface area contributed by atoms with Crippen LogP contribution >= 0.6 is 0 Å². The molecule has 0 saturated heterocycles. The van der Waals surface area contributed by atoms with Crippen LogP contribution in [0, 0.1) is 0 Å². The summed E-state index contributed by atoms with van der Waals surface area (Å²) in [5, 5.41) is 23.7. The van der Waals surface area contributed by atoms with Crippen molar-refractivity contribution in [3.63, 3.8) is 0 Å². The molecule has 378 valence electrons. The quantitative estimate of drug-likeness (QED) is 0.161. The Morgan fingerprint density at radius 1 is 0.244 bits per heavy atom. The molecule has 5 nitrogen and oxygen atoms in total. The predicted octanol–water partition coefficient (Wildman–Crippen LogP) is 20.8. The van der Waals surface area contributed by atoms with E-state index >= 15 is 0 Å². The van der Waals surface area contributed by atoms with Crippen LogP contribution in [-0.2, 0) is 0 Å². The number of aromatic nitrogens is 4. The molecule has 0 aliphatic heterocycles. The average Bonchev–Trinajstić information content (AvgIpc) is 4.19. The monoisotopic (exact) mass is 1040 g/mol. The van der Waals surface area contributed by atoms with E-state index in [9.17, 15) is 0 Å². The lowest BCUT2D eigenvalue weighted by molar-refractivity contribution is 0.669. The summed E-state index contributed by atoms with van der Waals surface area (Å²) in [7, 11) is 0. The Kier molecular flexibility index (Phi) is 9.45. The van der Waals surface area contributed by atoms with Crippen molar-refractivity contribution in [1.29, 1.82) is 0 Å². The molecule has 0 spiro atoms. The zero-order chi connectivity index (χ0) is 53.6. The Morgan fingerprint density at radius 3 is 1.28 bits per heavy atom. The number of fused-ring (bicyclic) bond motifs is 21. The molecule has 0 fully saturated rings. The molecule has 0 aliphatic rings. The van der Waals surface area contributed by atoms with E-state index in [0.29, 0.717) is 17.5 Å². The summed E-state index contributed by atoms with van der Waals surface area (Å²) in [6.45, 7) is 0. The van der Waals surface area contributed by atoms with E-state index in [4.69, 9.17) is 19.4 Å². The van der Waals surface area contributed by atoms with Crippen molar-refractivity contribution in [2.75, 3.05) is 0 Å². The van der Waals surface area contributed by atoms with Gasteiger partial charge in [-0.2, -0.15) is 0 Å². The SMILES string of the molecule is c1ccc2cc3c(cc2c1)c1ccc2ccccc2c1n3-c1ccc(-c2nc(-c3ccc4c5ccccc5c5ccccc5c4c3)nc(-c3ccc4c5ccccc5c5ccccc5c4c3)n2)c(-c2ccc3oc4ccccc4c3c2)c1. The number of nitrogens with zero attached hydrogens (tertiary/aromatic N) is 4. The highest BCUT2D eigenvalue weighted by Crippen LogP contribution is 2.44. The minimum absolute atomic E-state index is 0.573. The predicted molar refractivity (Wildman–Crippen MR) is 343 cm³/mol. The first kappa shape index (κ1) is 44.9. The molecule has 0 atom stereocenters. The fraction of sp³-hybridized carbons (Fsp3) is 0. The lowest BCUT2D eigenvalue weighted by Crippen LogP contribution is -2.02. The van der Waals surface area contributed by atoms with Crippen LogP contribution in [0.25, 0.3) is 181 Å². The van der Waals surface area contributed by atoms with E-state index in [-0.39, 0.29) is 0 Å². The molecule has 3 heterocycles. The number of furan rings is 1. The standard InChI is InChI=1S/C77H44N4O/c1-2-17-47-43-71-69(39-46(47)16-1)64-36-29-45-15-3-4-18-52(45)74(64)81(71)51-33-37-65(66(44-51)48-32-38-73-70(40-48)63-27-13-14-28-72(63)82-73)77-79-75(49-30-34-61-57-23-7-5-19-53(57)55-21-9-11-25-59(55)67(61)41-49)78-76(80-77)50-31-35-62-58-24-8-6-20-54(58)56-22-10-12-26-60(56)68(62)42-50/h1-44H. The number of hydrogen-bond donors (Lipinski definition) is 0. The minimum Gasteiger partial charge on any atom is -0.456 e. The highest BCUT2D eigenvalue weighted by Gasteiger charge is 2.23. The van der Waals surface area contributed by atoms with Gasteiger partial charge in [0.15, 0.2) is 17.5 Å². The normalized spacial score (nSPS) is 12.1. The molecule has 0 radical (unpaired) electrons. The third kappa shape index (κ3) is 6.65. The molecule has 15 aromatic carbocycles. The van der Waals surface area contributed by atoms with Crippen LogP contribution in [0.15, 0.2) is 271 Å². The topological polar surface area (TPSA) is 56.7 Å². The number of benzene rings is 15. The first-order valence-electron chi connectivity index (χ1n) is 28.0. The largest absolute Gasteiger partial charge is 0.456 e. The van der Waals surface area contributed by atoms with Gasteiger partial charge in [-0.1, -0.05) is 206 Å². The summed E-state index contributed by atoms with van der Waals surface area (Å²) in [5.74, 6) is 1.76. The smallest absolute Gasteiger partial charge is 0.164 e. The average molecular weight is 1040 g/mol. The summed E-state index contributed by atoms with van der Waals surface area (Å²) in [5.41, 5.74) is 9.71. The van der Waals surface area contributed by atoms with Gasteiger partial charge < -0.3 is 8.98 Å². The van der Waals surface area contributed by atoms with E-state index in [0.717, 1.165) is 77.2 Å². The van der Waals surface area contributed by atoms with Crippen LogP contribution in [-0.4, -0.2) is 19.5 Å². The first-order valence-corrected chi connectivity index (χ1v) is 28.0. The van der Waals surface area contributed by atoms with E-state index in [1.807, 2.05) is 12.1 Å². The molecule has 82 heavy (non-hydrogen) atoms. The van der Waals surface area contributed by atoms with Crippen LogP contribution < -0.4 is 0 Å². The van der Waals surface area contributed by atoms with E-state index in [1.54, 1.807) is 0 Å². The molecule has 5 heteroatoms. The molecule has 0 amide bonds. The summed E-state index contributed by atoms with van der Waals surface area (Å²) < 4.78 is 8.93. The Bertz CT molecular complexity index is 5540. The van der Waals surface area contributed by atoms with Crippen molar-refractivity contribution in [2.45, 2.75) is 0 Å². The zero-order valence-electron chi connectivity index (χ0n) is 44.1. The second-order valence-electron chi connectivity index (χ2n) is 21.8. The van der Waals surface area contributed by atoms with Crippen LogP contribution in [0.3, 0.4) is 0 Å². The van der Waals surface area contributed by atoms with Crippen molar-refractivity contribution in [2.24, 2.45) is 0 Å². The Hall–Kier alpha value is -11.0. The van der Waals surface area contributed by atoms with Crippen molar-refractivity contribution in [3.8, 4) is 51.0 Å². The Morgan fingerprint density at radius 2 is 0.683 bits per heavy atom. The van der Waals surface area contributed by atoms with Gasteiger partial charge in [0, 0.05) is 49.3 Å². The maximum atomic E-state index is 6.47. The van der Waals surface area contributed by atoms with Crippen LogP contribution in [0.4, 0.5) is 0 Å². The van der Waals surface area contributed by atoms with E-state index < -0.39 is 0 Å². The van der Waals surface area contributed by atoms with Gasteiger partial charge in [-0.15, -0.1) is 0 Å². The molecule has 0 saturated carbocycles. The van der Waals surface area contributed by atoms with Crippen molar-refractivity contribution < 1.29 is 4.42 Å². The van der Waals surface area contributed by atoms with Crippen molar-refractivity contribution in [3.05, 3.63) is 267 Å². The lowest BCUT2D eigenvalue weighted by atomic mass is 9.93. The van der Waals surface area contributed by atoms with Crippen molar-refractivity contribution in [1.82, 2.24) is 19.5 Å². The molecular formula is C77H44N4O. The molecule has 0 N–H and O–H groups in total. The molecule has 3 aromatic heterocycles. The molecule has 0 bridgehead atoms. The van der Waals surface area contributed by atoms with Gasteiger partial charge in [0.1, 0.15) is 11.2 Å². The highest BCUT2D eigenvalue weighted by atomic mass is 16.3. The van der Waals surface area contributed by atoms with E-state index in [1.165, 1.54) is 86.2 Å². The molecule has 0 unspecified atom stereocenters. The maximum Gasteiger partial charge on any atom is 0.164 e. The zero-order valence-corrected chi connectivity index (χ0v) is 44.1. The molecule has 18 aromatic rings. The number of rotatable bonds is 5. The minimum atomic E-state index is 0.573. The van der Waals surface area contributed by atoms with Gasteiger partial charge in [0.25, 0.3) is 0 Å². The van der Waals surface area contributed by atoms with E-state index in [2.05, 4.69) is 259 Å². The first-order chi connectivity index (χ1) is 40.6. The van der Waals surface area contributed by atoms with Crippen LogP contribution in [0.2, 0.25) is 0 Å². The molecule has 0 aliphatic carbocycles. The van der Waals surface area contributed by atoms with Gasteiger partial charge in [-0.3, -0.25) is 0 Å². The van der Waals surface area contributed by atoms with Gasteiger partial charge in [-0.25, -0.2) is 15.0 Å². The summed E-state index contributed by atoms with van der Waals surface area (Å²) in [6, 6.07) is 96.7. The van der Waals surface area contributed by atoms with Gasteiger partial charge in [-0.05, 0) is 153 Å². The maximum absolute atomic E-state index is 6.47. The van der Waals surface area contributed by atoms with Gasteiger partial charge in [0.2, 0.25) is 0 Å². The number of hydrogen-bond acceptors (Lipinski definition) is 4. The third-order valence-corrected chi connectivity index (χ3v) is 17.3.